The molecule has 0 saturated heterocycles. The highest BCUT2D eigenvalue weighted by Crippen LogP contribution is 2.28. The molecular weight excluding hydrogens is 378 g/mol. The third kappa shape index (κ3) is 4.78. The van der Waals surface area contributed by atoms with Crippen molar-refractivity contribution in [2.24, 2.45) is 0 Å². The lowest BCUT2D eigenvalue weighted by Gasteiger charge is -2.17. The van der Waals surface area contributed by atoms with Crippen molar-refractivity contribution in [2.45, 2.75) is 12.5 Å². The van der Waals surface area contributed by atoms with Crippen molar-refractivity contribution in [3.8, 4) is 5.75 Å². The first kappa shape index (κ1) is 20.7. The molecular formula is C18H16F2N2O6. The summed E-state index contributed by atoms with van der Waals surface area (Å²) in [6.45, 7) is 0. The van der Waals surface area contributed by atoms with Crippen LogP contribution in [0, 0.1) is 21.7 Å². The number of carbonyl (C=O) groups is 2. The van der Waals surface area contributed by atoms with Crippen LogP contribution in [-0.4, -0.2) is 37.1 Å². The quantitative estimate of drug-likeness (QED) is 0.439. The number of ether oxygens (including phenoxy) is 2. The molecule has 0 bridgehead atoms. The number of methoxy groups -OCH3 is 2. The molecule has 0 heterocycles. The summed E-state index contributed by atoms with van der Waals surface area (Å²) in [6.07, 6.45) is -0.161. The fraction of sp³-hybridized carbons (Fsp3) is 0.222. The molecule has 0 aliphatic rings. The molecule has 0 radical (unpaired) electrons. The summed E-state index contributed by atoms with van der Waals surface area (Å²) >= 11 is 0. The lowest BCUT2D eigenvalue weighted by atomic mass is 10.0. The molecule has 2 aromatic rings. The van der Waals surface area contributed by atoms with Crippen LogP contribution in [0.5, 0.6) is 5.75 Å². The highest BCUT2D eigenvalue weighted by molar-refractivity contribution is 5.97. The molecule has 0 fully saturated rings. The van der Waals surface area contributed by atoms with Crippen molar-refractivity contribution in [3.05, 3.63) is 69.3 Å². The fourth-order valence-electron chi connectivity index (χ4n) is 2.49. The number of halogens is 2. The van der Waals surface area contributed by atoms with E-state index < -0.39 is 40.0 Å². The van der Waals surface area contributed by atoms with Crippen molar-refractivity contribution in [1.82, 2.24) is 5.32 Å². The Morgan fingerprint density at radius 2 is 1.89 bits per heavy atom. The number of rotatable bonds is 7. The average molecular weight is 394 g/mol. The van der Waals surface area contributed by atoms with Crippen LogP contribution in [0.15, 0.2) is 36.4 Å². The van der Waals surface area contributed by atoms with E-state index in [-0.39, 0.29) is 17.9 Å². The topological polar surface area (TPSA) is 108 Å². The van der Waals surface area contributed by atoms with Crippen LogP contribution in [0.3, 0.4) is 0 Å². The number of nitrogens with one attached hydrogen (secondary N) is 1. The maximum atomic E-state index is 13.8. The fourth-order valence-corrected chi connectivity index (χ4v) is 2.49. The summed E-state index contributed by atoms with van der Waals surface area (Å²) in [6, 6.07) is 5.14. The SMILES string of the molecule is COC(=O)[C@@H](Cc1ccc(OC)c([N+](=O)[O-])c1)NC(=O)c1ccc(F)cc1F. The molecule has 0 aliphatic heterocycles. The summed E-state index contributed by atoms with van der Waals surface area (Å²) in [5.41, 5.74) is -0.446. The minimum absolute atomic E-state index is 0.0285. The smallest absolute Gasteiger partial charge is 0.328 e. The number of benzene rings is 2. The van der Waals surface area contributed by atoms with Gasteiger partial charge in [-0.25, -0.2) is 13.6 Å². The van der Waals surface area contributed by atoms with Gasteiger partial charge in [-0.2, -0.15) is 0 Å². The van der Waals surface area contributed by atoms with Crippen LogP contribution in [0.1, 0.15) is 15.9 Å². The van der Waals surface area contributed by atoms with Crippen LogP contribution in [-0.2, 0) is 16.0 Å². The molecule has 2 rings (SSSR count). The van der Waals surface area contributed by atoms with Gasteiger partial charge in [-0.05, 0) is 23.8 Å². The Labute approximate surface area is 158 Å². The van der Waals surface area contributed by atoms with Gasteiger partial charge in [0.15, 0.2) is 5.75 Å². The maximum absolute atomic E-state index is 13.8. The van der Waals surface area contributed by atoms with Crippen LogP contribution >= 0.6 is 0 Å². The summed E-state index contributed by atoms with van der Waals surface area (Å²) in [4.78, 5) is 34.8. The third-order valence-corrected chi connectivity index (χ3v) is 3.85. The summed E-state index contributed by atoms with van der Waals surface area (Å²) in [5, 5.41) is 13.4. The van der Waals surface area contributed by atoms with Gasteiger partial charge in [-0.3, -0.25) is 14.9 Å². The van der Waals surface area contributed by atoms with Gasteiger partial charge in [0.1, 0.15) is 17.7 Å². The Hall–Kier alpha value is -3.56. The van der Waals surface area contributed by atoms with Crippen LogP contribution in [0.2, 0.25) is 0 Å². The van der Waals surface area contributed by atoms with Crippen molar-refractivity contribution < 1.29 is 32.8 Å². The number of hydrogen-bond acceptors (Lipinski definition) is 6. The van der Waals surface area contributed by atoms with Gasteiger partial charge in [0.25, 0.3) is 5.91 Å². The maximum Gasteiger partial charge on any atom is 0.328 e. The third-order valence-electron chi connectivity index (χ3n) is 3.85. The van der Waals surface area contributed by atoms with E-state index >= 15 is 0 Å². The van der Waals surface area contributed by atoms with E-state index in [1.807, 2.05) is 0 Å². The summed E-state index contributed by atoms with van der Waals surface area (Å²) < 4.78 is 36.3. The van der Waals surface area contributed by atoms with Gasteiger partial charge < -0.3 is 14.8 Å². The molecule has 0 unspecified atom stereocenters. The normalized spacial score (nSPS) is 11.4. The lowest BCUT2D eigenvalue weighted by molar-refractivity contribution is -0.385. The minimum atomic E-state index is -1.25. The van der Waals surface area contributed by atoms with Gasteiger partial charge >= 0.3 is 11.7 Å². The molecule has 0 aromatic heterocycles. The molecule has 0 spiro atoms. The lowest BCUT2D eigenvalue weighted by Crippen LogP contribution is -2.43. The van der Waals surface area contributed by atoms with Crippen molar-refractivity contribution >= 4 is 17.6 Å². The zero-order chi connectivity index (χ0) is 20.8. The van der Waals surface area contributed by atoms with Crippen molar-refractivity contribution in [2.75, 3.05) is 14.2 Å². The van der Waals surface area contributed by atoms with Crippen LogP contribution < -0.4 is 10.1 Å². The van der Waals surface area contributed by atoms with E-state index in [4.69, 9.17) is 4.74 Å². The largest absolute Gasteiger partial charge is 0.490 e. The molecule has 8 nitrogen and oxygen atoms in total. The molecule has 10 heteroatoms. The van der Waals surface area contributed by atoms with E-state index in [1.54, 1.807) is 0 Å². The molecule has 0 aliphatic carbocycles. The highest BCUT2D eigenvalue weighted by atomic mass is 19.1. The number of nitrogens with zero attached hydrogens (tertiary/aromatic N) is 1. The number of nitro groups is 1. The number of nitro benzene ring substituents is 1. The second-order valence-electron chi connectivity index (χ2n) is 5.64. The van der Waals surface area contributed by atoms with Gasteiger partial charge in [0.05, 0.1) is 24.7 Å². The minimum Gasteiger partial charge on any atom is -0.490 e. The van der Waals surface area contributed by atoms with Gasteiger partial charge in [0.2, 0.25) is 0 Å². The second-order valence-corrected chi connectivity index (χ2v) is 5.64. The standard InChI is InChI=1S/C18H16F2N2O6/c1-27-16-6-3-10(8-15(16)22(25)26)7-14(18(24)28-2)21-17(23)12-5-4-11(19)9-13(12)20/h3-6,8-9,14H,7H2,1-2H3,(H,21,23)/t14-/m1/s1. The van der Waals surface area contributed by atoms with E-state index in [0.717, 1.165) is 19.2 Å². The summed E-state index contributed by atoms with van der Waals surface area (Å²) in [7, 11) is 2.37. The first-order chi connectivity index (χ1) is 13.3. The molecule has 2 aromatic carbocycles. The number of esters is 1. The molecule has 148 valence electrons. The van der Waals surface area contributed by atoms with E-state index in [1.165, 1.54) is 25.3 Å². The predicted octanol–water partition coefficient (Wildman–Crippen LogP) is 2.40. The molecule has 0 saturated carbocycles. The Bertz CT molecular complexity index is 919. The van der Waals surface area contributed by atoms with E-state index in [9.17, 15) is 28.5 Å². The average Bonchev–Trinajstić information content (AvgIpc) is 2.66. The van der Waals surface area contributed by atoms with Crippen LogP contribution in [0.25, 0.3) is 0 Å². The first-order valence-electron chi connectivity index (χ1n) is 7.91. The number of amides is 1. The first-order valence-corrected chi connectivity index (χ1v) is 7.91. The highest BCUT2D eigenvalue weighted by Gasteiger charge is 2.25. The molecule has 1 amide bonds. The van der Waals surface area contributed by atoms with Gasteiger partial charge in [-0.15, -0.1) is 0 Å². The van der Waals surface area contributed by atoms with Crippen molar-refractivity contribution in [1.29, 1.82) is 0 Å². The van der Waals surface area contributed by atoms with E-state index in [0.29, 0.717) is 11.6 Å². The van der Waals surface area contributed by atoms with Gasteiger partial charge in [0, 0.05) is 18.6 Å². The molecule has 28 heavy (non-hydrogen) atoms. The van der Waals surface area contributed by atoms with Gasteiger partial charge in [-0.1, -0.05) is 6.07 Å². The zero-order valence-electron chi connectivity index (χ0n) is 14.9. The predicted molar refractivity (Wildman–Crippen MR) is 93.0 cm³/mol. The monoisotopic (exact) mass is 394 g/mol. The Balaban J connectivity index is 2.27. The number of carbonyl (C=O) groups excluding carboxylic acids is 2. The van der Waals surface area contributed by atoms with Crippen molar-refractivity contribution in [3.63, 3.8) is 0 Å². The number of hydrogen-bond donors (Lipinski definition) is 1. The van der Waals surface area contributed by atoms with E-state index in [2.05, 4.69) is 10.1 Å². The molecule has 1 atom stereocenters. The zero-order valence-corrected chi connectivity index (χ0v) is 14.9. The summed E-state index contributed by atoms with van der Waals surface area (Å²) in [5.74, 6) is -3.73. The molecule has 1 N–H and O–H groups in total. The van der Waals surface area contributed by atoms with Crippen LogP contribution in [0.4, 0.5) is 14.5 Å². The second kappa shape index (κ2) is 8.89. The Morgan fingerprint density at radius 1 is 1.18 bits per heavy atom. The Kier molecular flexibility index (Phi) is 6.59. The Morgan fingerprint density at radius 3 is 2.46 bits per heavy atom.